The second-order valence-electron chi connectivity index (χ2n) is 16.2. The van der Waals surface area contributed by atoms with E-state index in [2.05, 4.69) is 19.2 Å². The van der Waals surface area contributed by atoms with E-state index in [1.807, 2.05) is 6.08 Å². The number of nitrogens with two attached hydrogens (primary N) is 1. The lowest BCUT2D eigenvalue weighted by atomic mass is 10.0. The van der Waals surface area contributed by atoms with Gasteiger partial charge in [0.1, 0.15) is 0 Å². The van der Waals surface area contributed by atoms with Gasteiger partial charge in [0.25, 0.3) is 0 Å². The van der Waals surface area contributed by atoms with Crippen molar-refractivity contribution in [1.82, 2.24) is 5.32 Å². The monoisotopic (exact) mass is 803 g/mol. The number of aliphatic hydroxyl groups is 2. The fourth-order valence-corrected chi connectivity index (χ4v) is 7.88. The molecule has 0 aliphatic heterocycles. The smallest absolute Gasteiger partial charge is 0.393 e. The topological polar surface area (TPSA) is 151 Å². The van der Waals surface area contributed by atoms with Crippen molar-refractivity contribution < 1.29 is 33.5 Å². The Bertz CT molecular complexity index is 893. The van der Waals surface area contributed by atoms with E-state index < -0.39 is 38.6 Å². The van der Waals surface area contributed by atoms with E-state index in [0.29, 0.717) is 6.42 Å². The maximum absolute atomic E-state index is 12.8. The number of phosphoric acid groups is 1. The van der Waals surface area contributed by atoms with E-state index in [9.17, 15) is 24.5 Å². The number of carbonyl (C=O) groups excluding carboxylic acids is 1. The van der Waals surface area contributed by atoms with Gasteiger partial charge in [0.05, 0.1) is 37.9 Å². The predicted molar refractivity (Wildman–Crippen MR) is 232 cm³/mol. The summed E-state index contributed by atoms with van der Waals surface area (Å²) in [6.45, 7) is 3.99. The molecular formula is C45H91N2O7P. The molecule has 0 radical (unpaired) electrons. The summed E-state index contributed by atoms with van der Waals surface area (Å²) in [5.41, 5.74) is 5.36. The highest BCUT2D eigenvalue weighted by Gasteiger charge is 2.27. The third-order valence-electron chi connectivity index (χ3n) is 10.7. The highest BCUT2D eigenvalue weighted by Crippen LogP contribution is 2.43. The van der Waals surface area contributed by atoms with Crippen LogP contribution in [0.1, 0.15) is 232 Å². The fraction of sp³-hybridized carbons (Fsp3) is 0.933. The lowest BCUT2D eigenvalue weighted by Crippen LogP contribution is -2.46. The molecule has 10 heteroatoms. The molecule has 0 saturated heterocycles. The number of aliphatic hydroxyl groups excluding tert-OH is 2. The SMILES string of the molecule is CCCCCCCCCCCC/C=C/C(O)C(COP(=O)(O)OCCN)NC(=O)CC(O)CCCCCCCCCCCCCCCCCCCCCCC. The number of nitrogens with one attached hydrogen (secondary N) is 1. The van der Waals surface area contributed by atoms with Crippen LogP contribution in [-0.4, -0.2) is 59.0 Å². The van der Waals surface area contributed by atoms with Gasteiger partial charge in [-0.05, 0) is 19.3 Å². The Labute approximate surface area is 339 Å². The van der Waals surface area contributed by atoms with E-state index >= 15 is 0 Å². The van der Waals surface area contributed by atoms with Crippen molar-refractivity contribution in [3.63, 3.8) is 0 Å². The zero-order valence-electron chi connectivity index (χ0n) is 36.0. The Morgan fingerprint density at radius 1 is 0.618 bits per heavy atom. The van der Waals surface area contributed by atoms with E-state index in [0.717, 1.165) is 38.5 Å². The Hall–Kier alpha value is -0.800. The van der Waals surface area contributed by atoms with Gasteiger partial charge in [0.15, 0.2) is 0 Å². The zero-order valence-corrected chi connectivity index (χ0v) is 36.9. The van der Waals surface area contributed by atoms with Crippen molar-refractivity contribution in [1.29, 1.82) is 0 Å². The summed E-state index contributed by atoms with van der Waals surface area (Å²) < 4.78 is 22.1. The lowest BCUT2D eigenvalue weighted by molar-refractivity contribution is -0.124. The highest BCUT2D eigenvalue weighted by atomic mass is 31.2. The van der Waals surface area contributed by atoms with Crippen molar-refractivity contribution in [2.45, 2.75) is 250 Å². The minimum absolute atomic E-state index is 0.0514. The molecule has 0 bridgehead atoms. The second kappa shape index (κ2) is 41.4. The van der Waals surface area contributed by atoms with Crippen molar-refractivity contribution in [2.24, 2.45) is 5.73 Å². The van der Waals surface area contributed by atoms with Crippen LogP contribution in [0.4, 0.5) is 0 Å². The van der Waals surface area contributed by atoms with Crippen LogP contribution in [0, 0.1) is 0 Å². The largest absolute Gasteiger partial charge is 0.472 e. The average molecular weight is 803 g/mol. The van der Waals surface area contributed by atoms with Gasteiger partial charge < -0.3 is 26.2 Å². The molecule has 0 aromatic rings. The first kappa shape index (κ1) is 54.2. The fourth-order valence-electron chi connectivity index (χ4n) is 7.12. The lowest BCUT2D eigenvalue weighted by Gasteiger charge is -2.24. The maximum Gasteiger partial charge on any atom is 0.472 e. The minimum Gasteiger partial charge on any atom is -0.393 e. The molecule has 9 nitrogen and oxygen atoms in total. The number of phosphoric ester groups is 1. The van der Waals surface area contributed by atoms with Gasteiger partial charge in [0, 0.05) is 6.54 Å². The van der Waals surface area contributed by atoms with Gasteiger partial charge in [-0.15, -0.1) is 0 Å². The van der Waals surface area contributed by atoms with Crippen molar-refractivity contribution in [3.05, 3.63) is 12.2 Å². The third kappa shape index (κ3) is 39.8. The van der Waals surface area contributed by atoms with Crippen LogP contribution >= 0.6 is 7.82 Å². The van der Waals surface area contributed by atoms with Crippen LogP contribution in [-0.2, 0) is 18.4 Å². The summed E-state index contributed by atoms with van der Waals surface area (Å²) in [6, 6.07) is -0.977. The van der Waals surface area contributed by atoms with Crippen molar-refractivity contribution >= 4 is 13.7 Å². The molecule has 0 aromatic carbocycles. The Balaban J connectivity index is 4.14. The summed E-state index contributed by atoms with van der Waals surface area (Å²) in [4.78, 5) is 22.8. The van der Waals surface area contributed by atoms with Crippen LogP contribution in [0.25, 0.3) is 0 Å². The Morgan fingerprint density at radius 3 is 1.40 bits per heavy atom. The number of hydrogen-bond donors (Lipinski definition) is 5. The third-order valence-corrected chi connectivity index (χ3v) is 11.7. The number of amides is 1. The molecule has 6 N–H and O–H groups in total. The number of hydrogen-bond acceptors (Lipinski definition) is 7. The molecule has 0 spiro atoms. The van der Waals surface area contributed by atoms with Gasteiger partial charge in [-0.25, -0.2) is 4.57 Å². The summed E-state index contributed by atoms with van der Waals surface area (Å²) in [6.07, 6.45) is 43.0. The molecule has 0 aliphatic rings. The van der Waals surface area contributed by atoms with Gasteiger partial charge >= 0.3 is 7.82 Å². The number of unbranched alkanes of at least 4 members (excludes halogenated alkanes) is 30. The number of rotatable bonds is 44. The molecule has 1 amide bonds. The van der Waals surface area contributed by atoms with Crippen LogP contribution in [0.2, 0.25) is 0 Å². The molecule has 4 atom stereocenters. The molecule has 0 heterocycles. The van der Waals surface area contributed by atoms with E-state index in [1.54, 1.807) is 6.08 Å². The predicted octanol–water partition coefficient (Wildman–Crippen LogP) is 12.1. The summed E-state index contributed by atoms with van der Waals surface area (Å²) in [5, 5.41) is 24.1. The molecule has 0 rings (SSSR count). The average Bonchev–Trinajstić information content (AvgIpc) is 3.16. The van der Waals surface area contributed by atoms with Crippen LogP contribution < -0.4 is 11.1 Å². The standard InChI is InChI=1S/C45H91N2O7P/c1-3-5-7-9-11-13-15-17-18-19-20-21-22-23-24-25-26-28-30-32-34-36-42(48)40-45(50)47-43(41-54-55(51,52)53-39-38-46)44(49)37-35-33-31-29-27-16-14-12-10-8-6-4-2/h35,37,42-44,48-49H,3-34,36,38-41,46H2,1-2H3,(H,47,50)(H,51,52)/b37-35+. The second-order valence-corrected chi connectivity index (χ2v) is 17.6. The van der Waals surface area contributed by atoms with Gasteiger partial charge in [0.2, 0.25) is 5.91 Å². The molecule has 0 fully saturated rings. The molecule has 55 heavy (non-hydrogen) atoms. The molecular weight excluding hydrogens is 711 g/mol. The number of carbonyl (C=O) groups is 1. The first-order chi connectivity index (χ1) is 26.8. The minimum atomic E-state index is -4.39. The van der Waals surface area contributed by atoms with Crippen LogP contribution in [0.5, 0.6) is 0 Å². The molecule has 0 aromatic heterocycles. The van der Waals surface area contributed by atoms with Crippen LogP contribution in [0.15, 0.2) is 12.2 Å². The van der Waals surface area contributed by atoms with Gasteiger partial charge in [-0.1, -0.05) is 219 Å². The first-order valence-electron chi connectivity index (χ1n) is 23.4. The normalized spacial score (nSPS) is 14.7. The first-order valence-corrected chi connectivity index (χ1v) is 24.9. The summed E-state index contributed by atoms with van der Waals surface area (Å²) in [5.74, 6) is -0.442. The quantitative estimate of drug-likeness (QED) is 0.0232. The Kier molecular flexibility index (Phi) is 40.8. The molecule has 328 valence electrons. The van der Waals surface area contributed by atoms with E-state index in [-0.39, 0.29) is 19.6 Å². The highest BCUT2D eigenvalue weighted by molar-refractivity contribution is 7.47. The van der Waals surface area contributed by atoms with Crippen molar-refractivity contribution in [3.8, 4) is 0 Å². The van der Waals surface area contributed by atoms with E-state index in [4.69, 9.17) is 14.8 Å². The molecule has 0 saturated carbocycles. The maximum atomic E-state index is 12.8. The summed E-state index contributed by atoms with van der Waals surface area (Å²) in [7, 11) is -4.39. The van der Waals surface area contributed by atoms with Crippen LogP contribution in [0.3, 0.4) is 0 Å². The van der Waals surface area contributed by atoms with Crippen molar-refractivity contribution in [2.75, 3.05) is 19.8 Å². The van der Waals surface area contributed by atoms with Gasteiger partial charge in [-0.2, -0.15) is 0 Å². The number of allylic oxidation sites excluding steroid dienone is 1. The zero-order chi connectivity index (χ0) is 40.5. The molecule has 0 aliphatic carbocycles. The van der Waals surface area contributed by atoms with Gasteiger partial charge in [-0.3, -0.25) is 13.8 Å². The Morgan fingerprint density at radius 2 is 1.00 bits per heavy atom. The van der Waals surface area contributed by atoms with E-state index in [1.165, 1.54) is 167 Å². The molecule has 4 unspecified atom stereocenters. The summed E-state index contributed by atoms with van der Waals surface area (Å²) >= 11 is 0.